The summed E-state index contributed by atoms with van der Waals surface area (Å²) in [6, 6.07) is 3.84. The lowest BCUT2D eigenvalue weighted by Crippen LogP contribution is -2.38. The van der Waals surface area contributed by atoms with Gasteiger partial charge in [0.05, 0.1) is 17.9 Å². The van der Waals surface area contributed by atoms with Crippen LogP contribution in [-0.4, -0.2) is 16.3 Å². The Bertz CT molecular complexity index is 453. The first-order valence-corrected chi connectivity index (χ1v) is 8.85. The number of carbonyl (C=O) groups is 1. The van der Waals surface area contributed by atoms with Crippen molar-refractivity contribution >= 4 is 17.7 Å². The molecule has 0 spiro atoms. The van der Waals surface area contributed by atoms with Crippen LogP contribution in [-0.2, 0) is 10.5 Å². The van der Waals surface area contributed by atoms with E-state index in [1.807, 2.05) is 12.1 Å². The lowest BCUT2D eigenvalue weighted by Gasteiger charge is -2.41. The molecule has 21 heavy (non-hydrogen) atoms. The van der Waals surface area contributed by atoms with Gasteiger partial charge >= 0.3 is 5.97 Å². The van der Waals surface area contributed by atoms with E-state index in [0.29, 0.717) is 11.3 Å². The van der Waals surface area contributed by atoms with Crippen molar-refractivity contribution in [3.8, 4) is 0 Å². The Morgan fingerprint density at radius 1 is 1.48 bits per heavy atom. The predicted octanol–water partition coefficient (Wildman–Crippen LogP) is 4.82. The molecule has 1 fully saturated rings. The van der Waals surface area contributed by atoms with Crippen LogP contribution >= 0.6 is 11.8 Å². The van der Waals surface area contributed by atoms with Gasteiger partial charge in [-0.15, -0.1) is 11.8 Å². The molecule has 1 N–H and O–H groups in total. The highest BCUT2D eigenvalue weighted by molar-refractivity contribution is 7.99. The molecule has 1 aromatic rings. The quantitative estimate of drug-likeness (QED) is 0.818. The van der Waals surface area contributed by atoms with Gasteiger partial charge in [0, 0.05) is 5.25 Å². The van der Waals surface area contributed by atoms with E-state index in [9.17, 15) is 9.90 Å². The highest BCUT2D eigenvalue weighted by Crippen LogP contribution is 2.46. The van der Waals surface area contributed by atoms with E-state index in [1.165, 1.54) is 0 Å². The van der Waals surface area contributed by atoms with Crippen LogP contribution < -0.4 is 0 Å². The third-order valence-electron chi connectivity index (χ3n) is 5.15. The predicted molar refractivity (Wildman–Crippen MR) is 86.3 cm³/mol. The van der Waals surface area contributed by atoms with Crippen LogP contribution in [0.4, 0.5) is 0 Å². The molecule has 118 valence electrons. The maximum atomic E-state index is 11.5. The molecular weight excluding hydrogens is 284 g/mol. The molecule has 1 heterocycles. The second kappa shape index (κ2) is 6.91. The van der Waals surface area contributed by atoms with Crippen LogP contribution in [0.3, 0.4) is 0 Å². The average molecular weight is 310 g/mol. The molecule has 3 nitrogen and oxygen atoms in total. The number of rotatable bonds is 6. The summed E-state index contributed by atoms with van der Waals surface area (Å²) in [5.41, 5.74) is 0.299. The molecular formula is C17H26O3S. The molecule has 1 aromatic heterocycles. The van der Waals surface area contributed by atoms with E-state index in [0.717, 1.165) is 37.2 Å². The van der Waals surface area contributed by atoms with E-state index in [2.05, 4.69) is 20.8 Å². The van der Waals surface area contributed by atoms with Gasteiger partial charge in [0.1, 0.15) is 5.76 Å². The summed E-state index contributed by atoms with van der Waals surface area (Å²) in [5, 5.41) is 9.67. The molecule has 4 heteroatoms. The van der Waals surface area contributed by atoms with Crippen LogP contribution in [0.25, 0.3) is 0 Å². The van der Waals surface area contributed by atoms with Crippen LogP contribution in [0.15, 0.2) is 22.8 Å². The van der Waals surface area contributed by atoms with Gasteiger partial charge in [-0.3, -0.25) is 4.79 Å². The van der Waals surface area contributed by atoms with Crippen LogP contribution in [0, 0.1) is 17.3 Å². The summed E-state index contributed by atoms with van der Waals surface area (Å²) in [7, 11) is 0. The zero-order chi connectivity index (χ0) is 15.5. The standard InChI is InChI=1S/C17H26O3S/c1-4-17(2,3)12-7-8-14(16(18)19)15(10-12)21-11-13-6-5-9-20-13/h5-6,9,12,14-15H,4,7-8,10-11H2,1-3H3,(H,18,19). The van der Waals surface area contributed by atoms with E-state index in [1.54, 1.807) is 18.0 Å². The first-order chi connectivity index (χ1) is 9.94. The molecule has 0 saturated heterocycles. The summed E-state index contributed by atoms with van der Waals surface area (Å²) in [6.07, 6.45) is 5.66. The first kappa shape index (κ1) is 16.5. The minimum atomic E-state index is -0.639. The van der Waals surface area contributed by atoms with Crippen molar-refractivity contribution in [2.24, 2.45) is 17.3 Å². The van der Waals surface area contributed by atoms with Crippen molar-refractivity contribution in [3.63, 3.8) is 0 Å². The number of carboxylic acids is 1. The first-order valence-electron chi connectivity index (χ1n) is 7.81. The van der Waals surface area contributed by atoms with Gasteiger partial charge in [0.2, 0.25) is 0 Å². The number of hydrogen-bond acceptors (Lipinski definition) is 3. The Labute approximate surface area is 131 Å². The van der Waals surface area contributed by atoms with Gasteiger partial charge in [0.25, 0.3) is 0 Å². The zero-order valence-corrected chi connectivity index (χ0v) is 14.0. The number of furan rings is 1. The summed E-state index contributed by atoms with van der Waals surface area (Å²) >= 11 is 1.75. The average Bonchev–Trinajstić information content (AvgIpc) is 2.98. The Kier molecular flexibility index (Phi) is 5.42. The number of hydrogen-bond donors (Lipinski definition) is 1. The number of thioether (sulfide) groups is 1. The molecule has 1 aliphatic rings. The van der Waals surface area contributed by atoms with E-state index < -0.39 is 5.97 Å². The molecule has 1 saturated carbocycles. The lowest BCUT2D eigenvalue weighted by atomic mass is 9.67. The monoisotopic (exact) mass is 310 g/mol. The second-order valence-electron chi connectivity index (χ2n) is 6.73. The lowest BCUT2D eigenvalue weighted by molar-refractivity contribution is -0.143. The maximum absolute atomic E-state index is 11.5. The van der Waals surface area contributed by atoms with Crippen LogP contribution in [0.1, 0.15) is 52.2 Å². The van der Waals surface area contributed by atoms with Crippen molar-refractivity contribution in [1.82, 2.24) is 0 Å². The van der Waals surface area contributed by atoms with E-state index >= 15 is 0 Å². The Hall–Kier alpha value is -0.900. The van der Waals surface area contributed by atoms with Crippen molar-refractivity contribution in [2.45, 2.75) is 57.5 Å². The largest absolute Gasteiger partial charge is 0.481 e. The SMILES string of the molecule is CCC(C)(C)C1CCC(C(=O)O)C(SCc2ccco2)C1. The van der Waals surface area contributed by atoms with Crippen molar-refractivity contribution in [3.05, 3.63) is 24.2 Å². The van der Waals surface area contributed by atoms with Crippen molar-refractivity contribution in [1.29, 1.82) is 0 Å². The van der Waals surface area contributed by atoms with Gasteiger partial charge in [-0.2, -0.15) is 0 Å². The molecule has 0 bridgehead atoms. The van der Waals surface area contributed by atoms with E-state index in [4.69, 9.17) is 4.42 Å². The topological polar surface area (TPSA) is 50.4 Å². The van der Waals surface area contributed by atoms with Gasteiger partial charge < -0.3 is 9.52 Å². The number of aliphatic carboxylic acids is 1. The Morgan fingerprint density at radius 2 is 2.24 bits per heavy atom. The van der Waals surface area contributed by atoms with Crippen molar-refractivity contribution in [2.75, 3.05) is 0 Å². The summed E-state index contributed by atoms with van der Waals surface area (Å²) in [5.74, 6) is 1.46. The van der Waals surface area contributed by atoms with Gasteiger partial charge in [0.15, 0.2) is 0 Å². The van der Waals surface area contributed by atoms with Crippen molar-refractivity contribution < 1.29 is 14.3 Å². The third kappa shape index (κ3) is 4.06. The highest BCUT2D eigenvalue weighted by Gasteiger charge is 2.40. The third-order valence-corrected chi connectivity index (χ3v) is 6.55. The minimum absolute atomic E-state index is 0.192. The normalized spacial score (nSPS) is 26.7. The molecule has 0 aromatic carbocycles. The molecule has 0 amide bonds. The fraction of sp³-hybridized carbons (Fsp3) is 0.706. The minimum Gasteiger partial charge on any atom is -0.481 e. The van der Waals surface area contributed by atoms with Crippen LogP contribution in [0.5, 0.6) is 0 Å². The van der Waals surface area contributed by atoms with Gasteiger partial charge in [-0.05, 0) is 42.7 Å². The number of carboxylic acid groups (broad SMARTS) is 1. The second-order valence-corrected chi connectivity index (χ2v) is 7.95. The van der Waals surface area contributed by atoms with Gasteiger partial charge in [-0.1, -0.05) is 27.2 Å². The Balaban J connectivity index is 2.02. The fourth-order valence-electron chi connectivity index (χ4n) is 3.18. The Morgan fingerprint density at radius 3 is 2.81 bits per heavy atom. The van der Waals surface area contributed by atoms with Crippen LogP contribution in [0.2, 0.25) is 0 Å². The summed E-state index contributed by atoms with van der Waals surface area (Å²) in [6.45, 7) is 6.86. The molecule has 0 radical (unpaired) electrons. The maximum Gasteiger partial charge on any atom is 0.307 e. The smallest absolute Gasteiger partial charge is 0.307 e. The summed E-state index contributed by atoms with van der Waals surface area (Å²) in [4.78, 5) is 11.5. The van der Waals surface area contributed by atoms with E-state index in [-0.39, 0.29) is 11.2 Å². The molecule has 3 atom stereocenters. The zero-order valence-electron chi connectivity index (χ0n) is 13.2. The fourth-order valence-corrected chi connectivity index (χ4v) is 4.57. The summed E-state index contributed by atoms with van der Waals surface area (Å²) < 4.78 is 5.37. The molecule has 2 rings (SSSR count). The molecule has 3 unspecified atom stereocenters. The molecule has 1 aliphatic carbocycles. The highest BCUT2D eigenvalue weighted by atomic mass is 32.2. The van der Waals surface area contributed by atoms with Gasteiger partial charge in [-0.25, -0.2) is 0 Å². The molecule has 0 aliphatic heterocycles.